The third kappa shape index (κ3) is 4.78. The Morgan fingerprint density at radius 1 is 1.03 bits per heavy atom. The van der Waals surface area contributed by atoms with Gasteiger partial charge in [-0.2, -0.15) is 4.98 Å². The van der Waals surface area contributed by atoms with Crippen LogP contribution in [0.3, 0.4) is 0 Å². The van der Waals surface area contributed by atoms with Gasteiger partial charge in [-0.05, 0) is 74.9 Å². The van der Waals surface area contributed by atoms with Gasteiger partial charge in [0.25, 0.3) is 5.91 Å². The third-order valence-electron chi connectivity index (χ3n) is 6.57. The lowest BCUT2D eigenvalue weighted by Crippen LogP contribution is -2.31. The molecule has 1 aliphatic heterocycles. The van der Waals surface area contributed by atoms with Crippen molar-refractivity contribution in [1.29, 1.82) is 0 Å². The van der Waals surface area contributed by atoms with Gasteiger partial charge < -0.3 is 20.6 Å². The lowest BCUT2D eigenvalue weighted by Gasteiger charge is -2.28. The lowest BCUT2D eigenvalue weighted by molar-refractivity contribution is -0.113. The maximum Gasteiger partial charge on any atom is 0.255 e. The number of aromatic hydroxyl groups is 1. The number of anilines is 3. The summed E-state index contributed by atoms with van der Waals surface area (Å²) in [5.41, 5.74) is 4.61. The second-order valence-electron chi connectivity index (χ2n) is 8.90. The van der Waals surface area contributed by atoms with E-state index < -0.39 is 6.04 Å². The van der Waals surface area contributed by atoms with Gasteiger partial charge in [-0.3, -0.25) is 4.79 Å². The normalized spacial score (nSPS) is 14.6. The van der Waals surface area contributed by atoms with E-state index in [9.17, 15) is 9.90 Å². The predicted molar refractivity (Wildman–Crippen MR) is 147 cm³/mol. The zero-order valence-electron chi connectivity index (χ0n) is 21.1. The molecule has 8 nitrogen and oxygen atoms in total. The summed E-state index contributed by atoms with van der Waals surface area (Å²) in [6, 6.07) is 23.8. The van der Waals surface area contributed by atoms with Gasteiger partial charge in [-0.25, -0.2) is 4.68 Å². The largest absolute Gasteiger partial charge is 0.508 e. The number of hydrogen-bond acceptors (Lipinski definition) is 6. The van der Waals surface area contributed by atoms with Crippen molar-refractivity contribution in [3.8, 4) is 17.1 Å². The highest BCUT2D eigenvalue weighted by Gasteiger charge is 2.34. The molecule has 1 unspecified atom stereocenters. The van der Waals surface area contributed by atoms with Crippen molar-refractivity contribution in [2.45, 2.75) is 26.8 Å². The second-order valence-corrected chi connectivity index (χ2v) is 8.90. The van der Waals surface area contributed by atoms with Crippen LogP contribution in [-0.4, -0.2) is 38.9 Å². The van der Waals surface area contributed by atoms with E-state index in [4.69, 9.17) is 10.1 Å². The second kappa shape index (κ2) is 10.2. The first-order valence-corrected chi connectivity index (χ1v) is 12.4. The number of para-hydroxylation sites is 1. The van der Waals surface area contributed by atoms with Crippen LogP contribution in [0.2, 0.25) is 0 Å². The molecule has 3 aromatic carbocycles. The highest BCUT2D eigenvalue weighted by atomic mass is 16.3. The van der Waals surface area contributed by atoms with Crippen molar-refractivity contribution >= 4 is 23.2 Å². The molecule has 3 N–H and O–H groups in total. The monoisotopic (exact) mass is 494 g/mol. The number of nitrogens with one attached hydrogen (secondary N) is 2. The van der Waals surface area contributed by atoms with Gasteiger partial charge in [0.1, 0.15) is 11.8 Å². The van der Waals surface area contributed by atoms with E-state index in [2.05, 4.69) is 41.5 Å². The molecule has 0 fully saturated rings. The van der Waals surface area contributed by atoms with E-state index in [1.165, 1.54) is 0 Å². The molecule has 4 aromatic rings. The Hall–Kier alpha value is -4.59. The number of carbonyl (C=O) groups excluding carboxylic acids is 1. The summed E-state index contributed by atoms with van der Waals surface area (Å²) in [7, 11) is 0. The van der Waals surface area contributed by atoms with E-state index in [0.29, 0.717) is 28.7 Å². The zero-order valence-corrected chi connectivity index (χ0v) is 21.1. The van der Waals surface area contributed by atoms with Gasteiger partial charge in [0.05, 0.1) is 5.57 Å². The Kier molecular flexibility index (Phi) is 6.64. The first-order valence-electron chi connectivity index (χ1n) is 12.4. The molecular formula is C29H30N6O2. The zero-order chi connectivity index (χ0) is 25.9. The topological polar surface area (TPSA) is 95.3 Å². The first-order chi connectivity index (χ1) is 18.0. The molecule has 0 spiro atoms. The molecule has 0 bridgehead atoms. The van der Waals surface area contributed by atoms with E-state index >= 15 is 0 Å². The minimum Gasteiger partial charge on any atom is -0.508 e. The number of phenolic OH excluding ortho intramolecular Hbond substituents is 1. The van der Waals surface area contributed by atoms with E-state index in [0.717, 1.165) is 29.9 Å². The number of aromatic nitrogens is 3. The number of benzene rings is 3. The van der Waals surface area contributed by atoms with Gasteiger partial charge in [-0.1, -0.05) is 30.3 Å². The fraction of sp³-hybridized carbons (Fsp3) is 0.207. The van der Waals surface area contributed by atoms with Crippen LogP contribution in [0.5, 0.6) is 5.75 Å². The van der Waals surface area contributed by atoms with Gasteiger partial charge in [0, 0.05) is 35.7 Å². The molecule has 2 heterocycles. The summed E-state index contributed by atoms with van der Waals surface area (Å²) in [5, 5.41) is 21.3. The molecule has 0 saturated heterocycles. The maximum atomic E-state index is 13.6. The van der Waals surface area contributed by atoms with Crippen LogP contribution in [0.4, 0.5) is 17.3 Å². The number of rotatable bonds is 7. The Bertz CT molecular complexity index is 1440. The SMILES string of the molecule is CCN(CC)c1ccc(-c2nc3n(n2)C(c2cccc(O)c2)C(C(=O)Nc2ccccc2)=C(C)N3)cc1. The molecule has 5 rings (SSSR count). The summed E-state index contributed by atoms with van der Waals surface area (Å²) in [5.74, 6) is 0.947. The third-order valence-corrected chi connectivity index (χ3v) is 6.57. The molecule has 0 aliphatic carbocycles. The average molecular weight is 495 g/mol. The van der Waals surface area contributed by atoms with Crippen molar-refractivity contribution in [3.63, 3.8) is 0 Å². The van der Waals surface area contributed by atoms with Gasteiger partial charge in [-0.15, -0.1) is 5.10 Å². The molecular weight excluding hydrogens is 464 g/mol. The van der Waals surface area contributed by atoms with Crippen molar-refractivity contribution < 1.29 is 9.90 Å². The number of fused-ring (bicyclic) bond motifs is 1. The molecule has 8 heteroatoms. The van der Waals surface area contributed by atoms with Crippen LogP contribution in [0, 0.1) is 0 Å². The van der Waals surface area contributed by atoms with Crippen molar-refractivity contribution in [2.24, 2.45) is 0 Å². The number of allylic oxidation sites excluding steroid dienone is 1. The molecule has 188 valence electrons. The van der Waals surface area contributed by atoms with Crippen LogP contribution >= 0.6 is 0 Å². The van der Waals surface area contributed by atoms with Crippen molar-refractivity contribution in [3.05, 3.63) is 95.7 Å². The summed E-state index contributed by atoms with van der Waals surface area (Å²) < 4.78 is 1.72. The van der Waals surface area contributed by atoms with E-state index in [-0.39, 0.29) is 11.7 Å². The predicted octanol–water partition coefficient (Wildman–Crippen LogP) is 5.42. The number of phenols is 1. The molecule has 1 atom stereocenters. The minimum atomic E-state index is -0.580. The summed E-state index contributed by atoms with van der Waals surface area (Å²) in [6.07, 6.45) is 0. The summed E-state index contributed by atoms with van der Waals surface area (Å²) in [6.45, 7) is 7.99. The highest BCUT2D eigenvalue weighted by Crippen LogP contribution is 2.37. The van der Waals surface area contributed by atoms with Gasteiger partial charge >= 0.3 is 0 Å². The Morgan fingerprint density at radius 3 is 2.43 bits per heavy atom. The van der Waals surface area contributed by atoms with Crippen LogP contribution in [-0.2, 0) is 4.79 Å². The Morgan fingerprint density at radius 2 is 1.76 bits per heavy atom. The van der Waals surface area contributed by atoms with Gasteiger partial charge in [0.15, 0.2) is 5.82 Å². The minimum absolute atomic E-state index is 0.116. The molecule has 1 aromatic heterocycles. The molecule has 37 heavy (non-hydrogen) atoms. The number of hydrogen-bond donors (Lipinski definition) is 3. The number of amides is 1. The number of carbonyl (C=O) groups is 1. The van der Waals surface area contributed by atoms with Crippen LogP contribution in [0.15, 0.2) is 90.1 Å². The smallest absolute Gasteiger partial charge is 0.255 e. The lowest BCUT2D eigenvalue weighted by atomic mass is 9.95. The quantitative estimate of drug-likeness (QED) is 0.317. The standard InChI is InChI=1S/C29H30N6O2/c1-4-34(5-2)23-16-14-20(15-17-23)27-32-29-30-19(3)25(28(37)31-22-11-7-6-8-12-22)26(35(29)33-27)21-10-9-13-24(36)18-21/h6-18,26,36H,4-5H2,1-3H3,(H,31,37)(H,30,32,33). The van der Waals surface area contributed by atoms with E-state index in [1.807, 2.05) is 55.5 Å². The molecule has 1 aliphatic rings. The van der Waals surface area contributed by atoms with Crippen LogP contribution in [0.1, 0.15) is 32.4 Å². The van der Waals surface area contributed by atoms with Crippen molar-refractivity contribution in [1.82, 2.24) is 14.8 Å². The van der Waals surface area contributed by atoms with Crippen LogP contribution in [0.25, 0.3) is 11.4 Å². The van der Waals surface area contributed by atoms with Crippen molar-refractivity contribution in [2.75, 3.05) is 28.6 Å². The molecule has 0 saturated carbocycles. The fourth-order valence-corrected chi connectivity index (χ4v) is 4.70. The fourth-order valence-electron chi connectivity index (χ4n) is 4.70. The maximum absolute atomic E-state index is 13.6. The van der Waals surface area contributed by atoms with E-state index in [1.54, 1.807) is 22.9 Å². The van der Waals surface area contributed by atoms with Gasteiger partial charge in [0.2, 0.25) is 5.95 Å². The summed E-state index contributed by atoms with van der Waals surface area (Å²) in [4.78, 5) is 20.6. The highest BCUT2D eigenvalue weighted by molar-refractivity contribution is 6.06. The average Bonchev–Trinajstić information content (AvgIpc) is 3.33. The molecule has 0 radical (unpaired) electrons. The number of nitrogens with zero attached hydrogens (tertiary/aromatic N) is 4. The Labute approximate surface area is 216 Å². The van der Waals surface area contributed by atoms with Crippen LogP contribution < -0.4 is 15.5 Å². The Balaban J connectivity index is 1.55. The first kappa shape index (κ1) is 24.1. The molecule has 1 amide bonds. The summed E-state index contributed by atoms with van der Waals surface area (Å²) >= 11 is 0.